The van der Waals surface area contributed by atoms with E-state index >= 15 is 0 Å². The lowest BCUT2D eigenvalue weighted by Gasteiger charge is -2.46. The van der Waals surface area contributed by atoms with E-state index in [0.29, 0.717) is 17.5 Å². The molecule has 0 radical (unpaired) electrons. The first kappa shape index (κ1) is 44.2. The number of carbonyl (C=O) groups is 2. The van der Waals surface area contributed by atoms with Crippen LogP contribution in [0, 0.1) is 0 Å². The van der Waals surface area contributed by atoms with E-state index in [4.69, 9.17) is 28.4 Å². The van der Waals surface area contributed by atoms with Crippen molar-refractivity contribution in [2.75, 3.05) is 13.2 Å². The summed E-state index contributed by atoms with van der Waals surface area (Å²) in [4.78, 5) is 26.4. The molecule has 0 aromatic heterocycles. The predicted octanol–water partition coefficient (Wildman–Crippen LogP) is 1.20. The van der Waals surface area contributed by atoms with Gasteiger partial charge in [-0.05, 0) is 81.5 Å². The lowest BCUT2D eigenvalue weighted by molar-refractivity contribution is -0.357. The molecule has 2 aromatic carbocycles. The molecule has 0 aliphatic carbocycles. The van der Waals surface area contributed by atoms with Gasteiger partial charge in [0.25, 0.3) is 0 Å². The second-order valence-corrected chi connectivity index (χ2v) is 13.8. The van der Waals surface area contributed by atoms with Crippen molar-refractivity contribution in [3.05, 3.63) is 77.9 Å². The summed E-state index contributed by atoms with van der Waals surface area (Å²) in [6.45, 7) is 7.29. The monoisotopic (exact) mass is 790 g/mol. The number of esters is 2. The van der Waals surface area contributed by atoms with E-state index in [1.54, 1.807) is 13.0 Å². The number of benzene rings is 2. The third kappa shape index (κ3) is 11.7. The Morgan fingerprint density at radius 3 is 2.21 bits per heavy atom. The van der Waals surface area contributed by atoms with Crippen LogP contribution in [0.5, 0.6) is 23.0 Å². The lowest BCUT2D eigenvalue weighted by Crippen LogP contribution is -2.65. The first-order valence-electron chi connectivity index (χ1n) is 17.8. The zero-order valence-electron chi connectivity index (χ0n) is 31.1. The maximum atomic E-state index is 13.3. The molecule has 17 nitrogen and oxygen atoms in total. The molecule has 308 valence electrons. The summed E-state index contributed by atoms with van der Waals surface area (Å²) in [5, 5.41) is 92.4. The van der Waals surface area contributed by atoms with Crippen LogP contribution in [-0.2, 0) is 44.4 Å². The van der Waals surface area contributed by atoms with Crippen LogP contribution in [0.15, 0.2) is 66.8 Å². The zero-order chi connectivity index (χ0) is 41.3. The summed E-state index contributed by atoms with van der Waals surface area (Å²) in [6.07, 6.45) is -10.1. The number of aromatic hydroxyl groups is 4. The smallest absolute Gasteiger partial charge is 0.333 e. The Hall–Kier alpha value is -4.56. The molecule has 2 aliphatic rings. The highest BCUT2D eigenvalue weighted by molar-refractivity contribution is 5.88. The average Bonchev–Trinajstić information content (AvgIpc) is 3.16. The first-order valence-corrected chi connectivity index (χ1v) is 17.8. The summed E-state index contributed by atoms with van der Waals surface area (Å²) < 4.78 is 34.7. The molecule has 0 amide bonds. The maximum Gasteiger partial charge on any atom is 0.333 e. The highest BCUT2D eigenvalue weighted by Crippen LogP contribution is 2.33. The number of hydrogen-bond donors (Lipinski definition) is 9. The standard InChI is InChI=1S/C39H50O17/c1-5-39(4,50)15-6-7-20(2)36(49)52-19-28-34(55-29(44)13-10-22-8-11-24(40)26(42)17-22)35(56-38-32(47)31(46)30(45)21(3)53-38)33(48)37(54-28)51-16-14-23-9-12-25(41)27(43)18-23/h5,7-13,17-18,21,28,30-35,37-38,40-43,45-48,50H,1,6,14-16,19H2,2-4H3/b13-10+,20-7+/t21-,28+,30-,31+,32+,33+,34+,35+,37+,38-,39?/m0/s1. The molecule has 17 heteroatoms. The van der Waals surface area contributed by atoms with Crippen LogP contribution < -0.4 is 0 Å². The van der Waals surface area contributed by atoms with Crippen LogP contribution in [0.25, 0.3) is 6.08 Å². The number of aliphatic hydroxyl groups excluding tert-OH is 4. The number of allylic oxidation sites excluding steroid dienone is 1. The molecular formula is C39H50O17. The molecule has 9 N–H and O–H groups in total. The van der Waals surface area contributed by atoms with Crippen molar-refractivity contribution in [1.82, 2.24) is 0 Å². The highest BCUT2D eigenvalue weighted by Gasteiger charge is 2.52. The number of hydrogen-bond acceptors (Lipinski definition) is 17. The Morgan fingerprint density at radius 2 is 1.55 bits per heavy atom. The third-order valence-corrected chi connectivity index (χ3v) is 9.33. The molecule has 2 saturated heterocycles. The topological polar surface area (TPSA) is 272 Å². The fourth-order valence-corrected chi connectivity index (χ4v) is 5.78. The SMILES string of the molecule is C=CC(C)(O)CC/C=C(\C)C(=O)OC[C@H]1O[C@@H](OCCc2ccc(O)c(O)c2)[C@H](O)[C@@H](O[C@@H]2O[C@@H](C)[C@H](O)[C@@H](O)[C@H]2O)[C@@H]1OC(=O)/C=C/c1ccc(O)c(O)c1. The van der Waals surface area contributed by atoms with E-state index in [9.17, 15) is 55.5 Å². The Balaban J connectivity index is 1.63. The average molecular weight is 791 g/mol. The van der Waals surface area contributed by atoms with Crippen molar-refractivity contribution in [2.45, 2.75) is 107 Å². The molecule has 0 bridgehead atoms. The molecule has 4 rings (SSSR count). The lowest BCUT2D eigenvalue weighted by atomic mass is 9.97. The van der Waals surface area contributed by atoms with Gasteiger partial charge in [-0.1, -0.05) is 24.3 Å². The number of rotatable bonds is 16. The Bertz CT molecular complexity index is 1720. The summed E-state index contributed by atoms with van der Waals surface area (Å²) in [5.41, 5.74) is -0.156. The minimum absolute atomic E-state index is 0.140. The van der Waals surface area contributed by atoms with Crippen LogP contribution in [0.3, 0.4) is 0 Å². The molecule has 2 fully saturated rings. The van der Waals surface area contributed by atoms with Gasteiger partial charge in [0.2, 0.25) is 0 Å². The Labute approximate surface area is 322 Å². The number of carbonyl (C=O) groups excluding carboxylic acids is 2. The van der Waals surface area contributed by atoms with Gasteiger partial charge in [0.15, 0.2) is 41.7 Å². The predicted molar refractivity (Wildman–Crippen MR) is 195 cm³/mol. The van der Waals surface area contributed by atoms with Crippen molar-refractivity contribution >= 4 is 18.0 Å². The van der Waals surface area contributed by atoms with Crippen LogP contribution in [0.1, 0.15) is 44.7 Å². The van der Waals surface area contributed by atoms with Gasteiger partial charge in [0, 0.05) is 11.6 Å². The first-order chi connectivity index (χ1) is 26.4. The molecule has 0 saturated carbocycles. The van der Waals surface area contributed by atoms with Crippen molar-refractivity contribution < 1.29 is 84.0 Å². The highest BCUT2D eigenvalue weighted by atomic mass is 16.7. The van der Waals surface area contributed by atoms with Crippen LogP contribution in [-0.4, -0.2) is 138 Å². The van der Waals surface area contributed by atoms with Gasteiger partial charge in [-0.25, -0.2) is 9.59 Å². The minimum atomic E-state index is -1.85. The fourth-order valence-electron chi connectivity index (χ4n) is 5.78. The zero-order valence-corrected chi connectivity index (χ0v) is 31.1. The fraction of sp³-hybridized carbons (Fsp3) is 0.487. The number of ether oxygens (including phenoxy) is 6. The van der Waals surface area contributed by atoms with E-state index in [-0.39, 0.29) is 42.3 Å². The maximum absolute atomic E-state index is 13.3. The molecule has 56 heavy (non-hydrogen) atoms. The van der Waals surface area contributed by atoms with Gasteiger partial charge >= 0.3 is 11.9 Å². The summed E-state index contributed by atoms with van der Waals surface area (Å²) in [6, 6.07) is 7.90. The number of phenolic OH excluding ortho intramolecular Hbond substituents is 4. The number of aliphatic hydroxyl groups is 5. The van der Waals surface area contributed by atoms with Crippen LogP contribution in [0.4, 0.5) is 0 Å². The van der Waals surface area contributed by atoms with Gasteiger partial charge < -0.3 is 74.4 Å². The Kier molecular flexibility index (Phi) is 15.4. The quantitative estimate of drug-likeness (QED) is 0.0500. The molecule has 11 atom stereocenters. The van der Waals surface area contributed by atoms with Gasteiger partial charge in [0.05, 0.1) is 18.3 Å². The molecule has 0 spiro atoms. The van der Waals surface area contributed by atoms with Gasteiger partial charge in [-0.2, -0.15) is 0 Å². The molecule has 1 unspecified atom stereocenters. The van der Waals surface area contributed by atoms with E-state index in [2.05, 4.69) is 6.58 Å². The van der Waals surface area contributed by atoms with E-state index in [1.165, 1.54) is 62.4 Å². The van der Waals surface area contributed by atoms with E-state index < -0.39 is 91.3 Å². The van der Waals surface area contributed by atoms with Crippen molar-refractivity contribution in [3.8, 4) is 23.0 Å². The molecule has 2 heterocycles. The molecular weight excluding hydrogens is 740 g/mol. The second-order valence-electron chi connectivity index (χ2n) is 13.8. The van der Waals surface area contributed by atoms with Crippen molar-refractivity contribution in [3.63, 3.8) is 0 Å². The molecule has 2 aliphatic heterocycles. The molecule has 2 aromatic rings. The summed E-state index contributed by atoms with van der Waals surface area (Å²) in [7, 11) is 0. The summed E-state index contributed by atoms with van der Waals surface area (Å²) >= 11 is 0. The third-order valence-electron chi connectivity index (χ3n) is 9.33. The second kappa shape index (κ2) is 19.5. The number of phenols is 4. The summed E-state index contributed by atoms with van der Waals surface area (Å²) in [5.74, 6) is -3.36. The largest absolute Gasteiger partial charge is 0.504 e. The van der Waals surface area contributed by atoms with Crippen molar-refractivity contribution in [2.24, 2.45) is 0 Å². The van der Waals surface area contributed by atoms with Crippen LogP contribution in [0.2, 0.25) is 0 Å². The van der Waals surface area contributed by atoms with Gasteiger partial charge in [-0.3, -0.25) is 0 Å². The normalized spacial score (nSPS) is 29.4. The van der Waals surface area contributed by atoms with Crippen LogP contribution >= 0.6 is 0 Å². The minimum Gasteiger partial charge on any atom is -0.504 e. The van der Waals surface area contributed by atoms with E-state index in [1.807, 2.05) is 0 Å². The van der Waals surface area contributed by atoms with Gasteiger partial charge in [-0.15, -0.1) is 6.58 Å². The van der Waals surface area contributed by atoms with Crippen molar-refractivity contribution in [1.29, 1.82) is 0 Å². The van der Waals surface area contributed by atoms with Gasteiger partial charge in [0.1, 0.15) is 43.2 Å². The Morgan fingerprint density at radius 1 is 0.875 bits per heavy atom. The van der Waals surface area contributed by atoms with E-state index in [0.717, 1.165) is 6.08 Å².